The van der Waals surface area contributed by atoms with Crippen LogP contribution in [0.5, 0.6) is 5.75 Å². The molecule has 5 rings (SSSR count). The van der Waals surface area contributed by atoms with Gasteiger partial charge in [0.2, 0.25) is 0 Å². The minimum absolute atomic E-state index is 0.0524. The first kappa shape index (κ1) is 23.0. The van der Waals surface area contributed by atoms with Crippen LogP contribution >= 0.6 is 11.6 Å². The van der Waals surface area contributed by atoms with Gasteiger partial charge < -0.3 is 19.5 Å². The number of nitrogens with one attached hydrogen (secondary N) is 1. The lowest BCUT2D eigenvalue weighted by Gasteiger charge is -2.17. The summed E-state index contributed by atoms with van der Waals surface area (Å²) in [5.41, 5.74) is 3.39. The number of benzene rings is 3. The Labute approximate surface area is 209 Å². The number of rotatable bonds is 7. The molecule has 1 aliphatic heterocycles. The zero-order valence-corrected chi connectivity index (χ0v) is 20.0. The summed E-state index contributed by atoms with van der Waals surface area (Å²) >= 11 is 5.88. The molecule has 7 heteroatoms. The Bertz CT molecular complexity index is 1340. The van der Waals surface area contributed by atoms with Gasteiger partial charge in [0.1, 0.15) is 11.4 Å². The van der Waals surface area contributed by atoms with Crippen LogP contribution in [0.2, 0.25) is 5.02 Å². The zero-order chi connectivity index (χ0) is 24.2. The predicted molar refractivity (Wildman–Crippen MR) is 138 cm³/mol. The van der Waals surface area contributed by atoms with Gasteiger partial charge in [-0.05, 0) is 66.9 Å². The lowest BCUT2D eigenvalue weighted by molar-refractivity contribution is -0.118. The highest BCUT2D eigenvalue weighted by Crippen LogP contribution is 2.27. The Hall–Kier alpha value is -3.77. The average Bonchev–Trinajstić information content (AvgIpc) is 3.53. The molecule has 178 valence electrons. The molecule has 2 amide bonds. The topological polar surface area (TPSA) is 63.6 Å². The quantitative estimate of drug-likeness (QED) is 0.369. The van der Waals surface area contributed by atoms with E-state index in [-0.39, 0.29) is 18.4 Å². The summed E-state index contributed by atoms with van der Waals surface area (Å²) in [7, 11) is 0. The number of carbonyl (C=O) groups is 2. The number of hydrogen-bond acceptors (Lipinski definition) is 3. The van der Waals surface area contributed by atoms with Gasteiger partial charge in [-0.3, -0.25) is 9.59 Å². The molecule has 1 aliphatic rings. The normalized spacial score (nSPS) is 13.2. The van der Waals surface area contributed by atoms with E-state index in [4.69, 9.17) is 16.3 Å². The fourth-order valence-corrected chi connectivity index (χ4v) is 4.55. The van der Waals surface area contributed by atoms with Gasteiger partial charge in [0, 0.05) is 41.2 Å². The Morgan fingerprint density at radius 1 is 0.914 bits per heavy atom. The van der Waals surface area contributed by atoms with E-state index >= 15 is 0 Å². The SMILES string of the molecule is O=C(COc1ccc(Cl)cc1)Nc1ccc2c(c1)cc(C(=O)N1CCCC1)n2Cc1ccccc1. The minimum atomic E-state index is -0.267. The Morgan fingerprint density at radius 2 is 1.66 bits per heavy atom. The van der Waals surface area contributed by atoms with Crippen LogP contribution in [-0.4, -0.2) is 41.0 Å². The molecule has 1 saturated heterocycles. The average molecular weight is 488 g/mol. The van der Waals surface area contributed by atoms with E-state index in [1.165, 1.54) is 0 Å². The van der Waals surface area contributed by atoms with Crippen LogP contribution in [0.3, 0.4) is 0 Å². The van der Waals surface area contributed by atoms with E-state index in [1.807, 2.05) is 47.4 Å². The van der Waals surface area contributed by atoms with Crippen LogP contribution in [0.4, 0.5) is 5.69 Å². The number of fused-ring (bicyclic) bond motifs is 1. The fraction of sp³-hybridized carbons (Fsp3) is 0.214. The third-order valence-electron chi connectivity index (χ3n) is 6.16. The van der Waals surface area contributed by atoms with Gasteiger partial charge >= 0.3 is 0 Å². The van der Waals surface area contributed by atoms with Gasteiger partial charge in [0.15, 0.2) is 6.61 Å². The van der Waals surface area contributed by atoms with Gasteiger partial charge in [-0.25, -0.2) is 0 Å². The van der Waals surface area contributed by atoms with Crippen LogP contribution < -0.4 is 10.1 Å². The summed E-state index contributed by atoms with van der Waals surface area (Å²) in [5.74, 6) is 0.357. The van der Waals surface area contributed by atoms with Crippen LogP contribution in [-0.2, 0) is 11.3 Å². The number of carbonyl (C=O) groups excluding carboxylic acids is 2. The van der Waals surface area contributed by atoms with Crippen molar-refractivity contribution in [2.75, 3.05) is 25.0 Å². The molecule has 1 aromatic heterocycles. The number of ether oxygens (including phenoxy) is 1. The molecule has 6 nitrogen and oxygen atoms in total. The van der Waals surface area contributed by atoms with E-state index in [2.05, 4.69) is 22.0 Å². The molecule has 0 spiro atoms. The van der Waals surface area contributed by atoms with E-state index in [0.717, 1.165) is 42.4 Å². The van der Waals surface area contributed by atoms with Crippen molar-refractivity contribution >= 4 is 40.0 Å². The van der Waals surface area contributed by atoms with Crippen molar-refractivity contribution in [3.8, 4) is 5.75 Å². The van der Waals surface area contributed by atoms with E-state index < -0.39 is 0 Å². The third-order valence-corrected chi connectivity index (χ3v) is 6.42. The first-order valence-electron chi connectivity index (χ1n) is 11.7. The zero-order valence-electron chi connectivity index (χ0n) is 19.2. The highest BCUT2D eigenvalue weighted by Gasteiger charge is 2.24. The number of anilines is 1. The van der Waals surface area contributed by atoms with Crippen LogP contribution in [0, 0.1) is 0 Å². The highest BCUT2D eigenvalue weighted by atomic mass is 35.5. The third kappa shape index (κ3) is 5.33. The second-order valence-electron chi connectivity index (χ2n) is 8.66. The largest absolute Gasteiger partial charge is 0.484 e. The van der Waals surface area contributed by atoms with Crippen molar-refractivity contribution in [2.24, 2.45) is 0 Å². The van der Waals surface area contributed by atoms with E-state index in [0.29, 0.717) is 28.7 Å². The maximum Gasteiger partial charge on any atom is 0.270 e. The molecule has 1 N–H and O–H groups in total. The number of aromatic nitrogens is 1. The van der Waals surface area contributed by atoms with Crippen LogP contribution in [0.25, 0.3) is 10.9 Å². The second-order valence-corrected chi connectivity index (χ2v) is 9.10. The van der Waals surface area contributed by atoms with Crippen molar-refractivity contribution in [3.05, 3.63) is 95.1 Å². The fourth-order valence-electron chi connectivity index (χ4n) is 4.42. The molecule has 0 unspecified atom stereocenters. The Morgan fingerprint density at radius 3 is 2.40 bits per heavy atom. The molecule has 0 saturated carbocycles. The summed E-state index contributed by atoms with van der Waals surface area (Å²) in [4.78, 5) is 27.7. The number of halogens is 1. The molecule has 0 bridgehead atoms. The molecular formula is C28H26ClN3O3. The molecule has 3 aromatic carbocycles. The van der Waals surface area contributed by atoms with Crippen molar-refractivity contribution in [1.29, 1.82) is 0 Å². The summed E-state index contributed by atoms with van der Waals surface area (Å²) in [5, 5.41) is 4.39. The Kier molecular flexibility index (Phi) is 6.73. The van der Waals surface area contributed by atoms with Gasteiger partial charge in [-0.1, -0.05) is 41.9 Å². The van der Waals surface area contributed by atoms with Gasteiger partial charge in [0.05, 0.1) is 0 Å². The molecule has 0 radical (unpaired) electrons. The number of amides is 2. The number of likely N-dealkylation sites (tertiary alicyclic amines) is 1. The van der Waals surface area contributed by atoms with Gasteiger partial charge in [-0.2, -0.15) is 0 Å². The molecule has 2 heterocycles. The molecule has 35 heavy (non-hydrogen) atoms. The summed E-state index contributed by atoms with van der Waals surface area (Å²) in [6.45, 7) is 2.06. The van der Waals surface area contributed by atoms with Crippen molar-refractivity contribution in [3.63, 3.8) is 0 Å². The second kappa shape index (κ2) is 10.2. The van der Waals surface area contributed by atoms with Crippen molar-refractivity contribution < 1.29 is 14.3 Å². The monoisotopic (exact) mass is 487 g/mol. The maximum absolute atomic E-state index is 13.3. The molecular weight excluding hydrogens is 462 g/mol. The summed E-state index contributed by atoms with van der Waals surface area (Å²) in [6.07, 6.45) is 2.08. The summed E-state index contributed by atoms with van der Waals surface area (Å²) in [6, 6.07) is 24.6. The lowest BCUT2D eigenvalue weighted by atomic mass is 10.2. The van der Waals surface area contributed by atoms with E-state index in [9.17, 15) is 9.59 Å². The minimum Gasteiger partial charge on any atom is -0.484 e. The summed E-state index contributed by atoms with van der Waals surface area (Å²) < 4.78 is 7.61. The number of hydrogen-bond donors (Lipinski definition) is 1. The smallest absolute Gasteiger partial charge is 0.270 e. The molecule has 0 atom stereocenters. The molecule has 1 fully saturated rings. The maximum atomic E-state index is 13.3. The molecule has 4 aromatic rings. The lowest BCUT2D eigenvalue weighted by Crippen LogP contribution is -2.29. The van der Waals surface area contributed by atoms with E-state index in [1.54, 1.807) is 24.3 Å². The number of nitrogens with zero attached hydrogens (tertiary/aromatic N) is 2. The van der Waals surface area contributed by atoms with Crippen LogP contribution in [0.15, 0.2) is 78.9 Å². The standard InChI is InChI=1S/C28H26ClN3O3/c29-22-8-11-24(12-9-22)35-19-27(33)30-23-10-13-25-21(16-23)17-26(28(34)31-14-4-5-15-31)32(25)18-20-6-2-1-3-7-20/h1-3,6-13,16-17H,4-5,14-15,18-19H2,(H,30,33). The van der Waals surface area contributed by atoms with Crippen molar-refractivity contribution in [2.45, 2.75) is 19.4 Å². The Balaban J connectivity index is 1.38. The molecule has 0 aliphatic carbocycles. The van der Waals surface area contributed by atoms with Gasteiger partial charge in [0.25, 0.3) is 11.8 Å². The first-order valence-corrected chi connectivity index (χ1v) is 12.1. The first-order chi connectivity index (χ1) is 17.1. The highest BCUT2D eigenvalue weighted by molar-refractivity contribution is 6.30. The van der Waals surface area contributed by atoms with Gasteiger partial charge in [-0.15, -0.1) is 0 Å². The predicted octanol–water partition coefficient (Wildman–Crippen LogP) is 5.60. The van der Waals surface area contributed by atoms with Crippen molar-refractivity contribution in [1.82, 2.24) is 9.47 Å². The van der Waals surface area contributed by atoms with Crippen LogP contribution in [0.1, 0.15) is 28.9 Å².